The maximum Gasteiger partial charge on any atom is 0.0105 e. The van der Waals surface area contributed by atoms with Gasteiger partial charge >= 0.3 is 0 Å². The van der Waals surface area contributed by atoms with E-state index in [4.69, 9.17) is 0 Å². The molecular weight excluding hydrogens is 232 g/mol. The van der Waals surface area contributed by atoms with E-state index in [1.165, 1.54) is 45.2 Å². The Morgan fingerprint density at radius 3 is 2.42 bits per heavy atom. The average Bonchev–Trinajstić information content (AvgIpc) is 3.10. The molecule has 2 aliphatic carbocycles. The van der Waals surface area contributed by atoms with Crippen LogP contribution in [0.2, 0.25) is 0 Å². The van der Waals surface area contributed by atoms with E-state index in [1.807, 2.05) is 0 Å². The minimum Gasteiger partial charge on any atom is -0.317 e. The molecule has 0 saturated heterocycles. The van der Waals surface area contributed by atoms with Gasteiger partial charge in [-0.25, -0.2) is 0 Å². The largest absolute Gasteiger partial charge is 0.317 e. The fraction of sp³-hybridized carbons (Fsp3) is 1.00. The average molecular weight is 266 g/mol. The van der Waals surface area contributed by atoms with Gasteiger partial charge in [-0.3, -0.25) is 4.90 Å². The maximum atomic E-state index is 3.58. The van der Waals surface area contributed by atoms with Gasteiger partial charge in [-0.2, -0.15) is 0 Å². The predicted octanol–water partition coefficient (Wildman–Crippen LogP) is 3.52. The molecule has 2 saturated carbocycles. The van der Waals surface area contributed by atoms with Crippen LogP contribution in [0.3, 0.4) is 0 Å². The van der Waals surface area contributed by atoms with E-state index in [-0.39, 0.29) is 0 Å². The van der Waals surface area contributed by atoms with Crippen LogP contribution in [-0.2, 0) is 0 Å². The number of hydrogen-bond donors (Lipinski definition) is 1. The van der Waals surface area contributed by atoms with Crippen molar-refractivity contribution >= 4 is 0 Å². The van der Waals surface area contributed by atoms with Crippen LogP contribution < -0.4 is 5.32 Å². The highest BCUT2D eigenvalue weighted by molar-refractivity contribution is 4.93. The lowest BCUT2D eigenvalue weighted by atomic mass is 9.69. The van der Waals surface area contributed by atoms with Gasteiger partial charge in [-0.15, -0.1) is 0 Å². The molecule has 0 aliphatic heterocycles. The molecule has 2 nitrogen and oxygen atoms in total. The summed E-state index contributed by atoms with van der Waals surface area (Å²) in [5.74, 6) is 1.64. The van der Waals surface area contributed by atoms with Crippen LogP contribution in [0, 0.1) is 17.3 Å². The van der Waals surface area contributed by atoms with Crippen LogP contribution in [0.4, 0.5) is 0 Å². The Kier molecular flexibility index (Phi) is 4.94. The highest BCUT2D eigenvalue weighted by Crippen LogP contribution is 2.40. The Hall–Kier alpha value is -0.0800. The summed E-state index contributed by atoms with van der Waals surface area (Å²) in [6.07, 6.45) is 7.00. The molecule has 0 aromatic heterocycles. The highest BCUT2D eigenvalue weighted by Gasteiger charge is 2.37. The van der Waals surface area contributed by atoms with Gasteiger partial charge in [0.15, 0.2) is 0 Å². The molecule has 2 rings (SSSR count). The van der Waals surface area contributed by atoms with E-state index >= 15 is 0 Å². The van der Waals surface area contributed by atoms with Crippen LogP contribution in [0.25, 0.3) is 0 Å². The van der Waals surface area contributed by atoms with Crippen molar-refractivity contribution in [2.45, 2.75) is 71.9 Å². The zero-order valence-electron chi connectivity index (χ0n) is 13.7. The quantitative estimate of drug-likeness (QED) is 0.791. The zero-order valence-corrected chi connectivity index (χ0v) is 13.7. The monoisotopic (exact) mass is 266 g/mol. The third-order valence-corrected chi connectivity index (χ3v) is 5.02. The standard InChI is InChI=1S/C17H34N2/c1-13(2)11-19(15-6-7-15)12-14-10-17(3,4)9-8-16(14)18-5/h13-16,18H,6-12H2,1-5H3. The summed E-state index contributed by atoms with van der Waals surface area (Å²) in [5, 5.41) is 3.58. The molecule has 0 aromatic carbocycles. The molecule has 0 spiro atoms. The van der Waals surface area contributed by atoms with Crippen molar-refractivity contribution in [3.05, 3.63) is 0 Å². The van der Waals surface area contributed by atoms with E-state index in [1.54, 1.807) is 0 Å². The van der Waals surface area contributed by atoms with Crippen molar-refractivity contribution in [2.75, 3.05) is 20.1 Å². The summed E-state index contributed by atoms with van der Waals surface area (Å²) < 4.78 is 0. The maximum absolute atomic E-state index is 3.58. The number of hydrogen-bond acceptors (Lipinski definition) is 2. The Bertz CT molecular complexity index is 281. The Morgan fingerprint density at radius 1 is 1.21 bits per heavy atom. The molecule has 0 aromatic rings. The highest BCUT2D eigenvalue weighted by atomic mass is 15.2. The van der Waals surface area contributed by atoms with Crippen molar-refractivity contribution < 1.29 is 0 Å². The van der Waals surface area contributed by atoms with Crippen molar-refractivity contribution in [1.82, 2.24) is 10.2 Å². The van der Waals surface area contributed by atoms with E-state index in [0.717, 1.165) is 23.9 Å². The van der Waals surface area contributed by atoms with Gasteiger partial charge in [0, 0.05) is 25.2 Å². The first kappa shape index (κ1) is 15.3. The lowest BCUT2D eigenvalue weighted by Crippen LogP contribution is -2.47. The lowest BCUT2D eigenvalue weighted by Gasteiger charge is -2.43. The first-order chi connectivity index (χ1) is 8.91. The molecule has 2 aliphatic rings. The molecule has 0 heterocycles. The van der Waals surface area contributed by atoms with Crippen molar-refractivity contribution in [2.24, 2.45) is 17.3 Å². The van der Waals surface area contributed by atoms with Crippen LogP contribution in [-0.4, -0.2) is 37.1 Å². The van der Waals surface area contributed by atoms with E-state index in [2.05, 4.69) is 45.0 Å². The van der Waals surface area contributed by atoms with E-state index in [0.29, 0.717) is 5.41 Å². The SMILES string of the molecule is CNC1CCC(C)(C)CC1CN(CC(C)C)C1CC1. The Morgan fingerprint density at radius 2 is 1.89 bits per heavy atom. The van der Waals surface area contributed by atoms with Gasteiger partial charge in [0.2, 0.25) is 0 Å². The molecule has 2 unspecified atom stereocenters. The normalized spacial score (nSPS) is 31.1. The van der Waals surface area contributed by atoms with Gasteiger partial charge in [0.1, 0.15) is 0 Å². The van der Waals surface area contributed by atoms with Crippen LogP contribution in [0.15, 0.2) is 0 Å². The third kappa shape index (κ3) is 4.46. The summed E-state index contributed by atoms with van der Waals surface area (Å²) in [6, 6.07) is 1.64. The molecule has 0 radical (unpaired) electrons. The Balaban J connectivity index is 1.96. The molecule has 19 heavy (non-hydrogen) atoms. The minimum absolute atomic E-state index is 0.547. The lowest BCUT2D eigenvalue weighted by molar-refractivity contribution is 0.0946. The second-order valence-electron chi connectivity index (χ2n) is 8.14. The fourth-order valence-corrected chi connectivity index (χ4v) is 3.89. The van der Waals surface area contributed by atoms with Crippen molar-refractivity contribution in [3.8, 4) is 0 Å². The van der Waals surface area contributed by atoms with Gasteiger partial charge in [-0.05, 0) is 56.4 Å². The number of nitrogens with zero attached hydrogens (tertiary/aromatic N) is 1. The van der Waals surface area contributed by atoms with Gasteiger partial charge in [0.05, 0.1) is 0 Å². The van der Waals surface area contributed by atoms with Gasteiger partial charge in [-0.1, -0.05) is 27.7 Å². The van der Waals surface area contributed by atoms with E-state index < -0.39 is 0 Å². The zero-order chi connectivity index (χ0) is 14.0. The van der Waals surface area contributed by atoms with Crippen LogP contribution in [0.5, 0.6) is 0 Å². The summed E-state index contributed by atoms with van der Waals surface area (Å²) >= 11 is 0. The molecule has 2 fully saturated rings. The van der Waals surface area contributed by atoms with Gasteiger partial charge < -0.3 is 5.32 Å². The topological polar surface area (TPSA) is 15.3 Å². The smallest absolute Gasteiger partial charge is 0.0105 e. The van der Waals surface area contributed by atoms with Gasteiger partial charge in [0.25, 0.3) is 0 Å². The first-order valence-corrected chi connectivity index (χ1v) is 8.32. The summed E-state index contributed by atoms with van der Waals surface area (Å²) in [6.45, 7) is 12.2. The van der Waals surface area contributed by atoms with Crippen molar-refractivity contribution in [3.63, 3.8) is 0 Å². The Labute approximate surface area is 120 Å². The molecule has 2 atom stereocenters. The molecule has 0 amide bonds. The second-order valence-corrected chi connectivity index (χ2v) is 8.14. The molecule has 2 heteroatoms. The van der Waals surface area contributed by atoms with Crippen LogP contribution >= 0.6 is 0 Å². The molecule has 112 valence electrons. The summed E-state index contributed by atoms with van der Waals surface area (Å²) in [4.78, 5) is 2.79. The number of nitrogens with one attached hydrogen (secondary N) is 1. The third-order valence-electron chi connectivity index (χ3n) is 5.02. The minimum atomic E-state index is 0.547. The molecule has 1 N–H and O–H groups in total. The predicted molar refractivity (Wildman–Crippen MR) is 83.4 cm³/mol. The molecular formula is C17H34N2. The van der Waals surface area contributed by atoms with Crippen molar-refractivity contribution in [1.29, 1.82) is 0 Å². The summed E-state index contributed by atoms with van der Waals surface area (Å²) in [5.41, 5.74) is 0.547. The first-order valence-electron chi connectivity index (χ1n) is 8.32. The molecule has 0 bridgehead atoms. The second kappa shape index (κ2) is 6.13. The summed E-state index contributed by atoms with van der Waals surface area (Å²) in [7, 11) is 2.15. The van der Waals surface area contributed by atoms with E-state index in [9.17, 15) is 0 Å². The van der Waals surface area contributed by atoms with Crippen LogP contribution in [0.1, 0.15) is 59.8 Å². The number of rotatable bonds is 6. The fourth-order valence-electron chi connectivity index (χ4n) is 3.89.